The highest BCUT2D eigenvalue weighted by Gasteiger charge is 2.50. The molecule has 1 aromatic heterocycles. The predicted octanol–water partition coefficient (Wildman–Crippen LogP) is 3.40. The number of nitrogens with two attached hydrogens (primary N) is 1. The van der Waals surface area contributed by atoms with E-state index in [1.165, 1.54) is 38.5 Å². The highest BCUT2D eigenvalue weighted by molar-refractivity contribution is 5.31. The molecule has 20 heavy (non-hydrogen) atoms. The van der Waals surface area contributed by atoms with Crippen molar-refractivity contribution in [3.05, 3.63) is 23.9 Å². The molecule has 3 nitrogen and oxygen atoms in total. The van der Waals surface area contributed by atoms with Crippen LogP contribution in [0.3, 0.4) is 0 Å². The third-order valence-electron chi connectivity index (χ3n) is 5.69. The summed E-state index contributed by atoms with van der Waals surface area (Å²) in [6, 6.07) is 3.91. The van der Waals surface area contributed by atoms with Crippen LogP contribution in [0.15, 0.2) is 18.3 Å². The quantitative estimate of drug-likeness (QED) is 0.914. The Hall–Kier alpha value is -1.09. The molecule has 0 aliphatic heterocycles. The second-order valence-corrected chi connectivity index (χ2v) is 7.50. The summed E-state index contributed by atoms with van der Waals surface area (Å²) in [5, 5.41) is 0. The number of rotatable bonds is 4. The molecule has 0 amide bonds. The van der Waals surface area contributed by atoms with Crippen LogP contribution in [0.1, 0.15) is 44.1 Å². The molecule has 5 rings (SSSR count). The van der Waals surface area contributed by atoms with E-state index in [0.717, 1.165) is 29.9 Å². The van der Waals surface area contributed by atoms with Gasteiger partial charge in [0, 0.05) is 6.20 Å². The van der Waals surface area contributed by atoms with Crippen LogP contribution < -0.4 is 5.73 Å². The number of nitrogens with zero attached hydrogens (tertiary/aromatic N) is 1. The van der Waals surface area contributed by atoms with Crippen molar-refractivity contribution in [2.24, 2.45) is 23.2 Å². The lowest BCUT2D eigenvalue weighted by Gasteiger charge is -2.56. The van der Waals surface area contributed by atoms with E-state index in [2.05, 4.69) is 4.98 Å². The van der Waals surface area contributed by atoms with Gasteiger partial charge in [-0.25, -0.2) is 4.98 Å². The summed E-state index contributed by atoms with van der Waals surface area (Å²) in [7, 11) is 0. The first-order valence-electron chi connectivity index (χ1n) is 7.99. The maximum Gasteiger partial charge on any atom is 0.123 e. The van der Waals surface area contributed by atoms with Crippen LogP contribution >= 0.6 is 0 Å². The van der Waals surface area contributed by atoms with Crippen LogP contribution in [-0.4, -0.2) is 11.6 Å². The Morgan fingerprint density at radius 1 is 1.15 bits per heavy atom. The molecule has 4 aliphatic rings. The van der Waals surface area contributed by atoms with Gasteiger partial charge in [-0.15, -0.1) is 0 Å². The Morgan fingerprint density at radius 3 is 2.40 bits per heavy atom. The zero-order valence-corrected chi connectivity index (χ0v) is 12.1. The monoisotopic (exact) mass is 272 g/mol. The lowest BCUT2D eigenvalue weighted by molar-refractivity contribution is -0.0994. The summed E-state index contributed by atoms with van der Waals surface area (Å²) in [5.41, 5.74) is 7.36. The van der Waals surface area contributed by atoms with Crippen molar-refractivity contribution in [1.82, 2.24) is 4.98 Å². The Bertz CT molecular complexity index is 464. The fraction of sp³-hybridized carbons (Fsp3) is 0.706. The zero-order chi connectivity index (χ0) is 13.6. The molecule has 1 heterocycles. The molecule has 0 aromatic carbocycles. The fourth-order valence-corrected chi connectivity index (χ4v) is 5.44. The first-order valence-corrected chi connectivity index (χ1v) is 7.99. The van der Waals surface area contributed by atoms with E-state index in [0.29, 0.717) is 17.8 Å². The lowest BCUT2D eigenvalue weighted by Crippen LogP contribution is -2.48. The van der Waals surface area contributed by atoms with Crippen molar-refractivity contribution < 1.29 is 4.74 Å². The number of pyridine rings is 1. The molecule has 0 unspecified atom stereocenters. The topological polar surface area (TPSA) is 48.1 Å². The minimum Gasteiger partial charge on any atom is -0.384 e. The number of hydrogen-bond acceptors (Lipinski definition) is 3. The largest absolute Gasteiger partial charge is 0.384 e. The van der Waals surface area contributed by atoms with E-state index >= 15 is 0 Å². The highest BCUT2D eigenvalue weighted by atomic mass is 16.5. The molecule has 1 aromatic rings. The normalized spacial score (nSPS) is 38.3. The average Bonchev–Trinajstić information content (AvgIpc) is 2.36. The van der Waals surface area contributed by atoms with E-state index in [1.54, 1.807) is 6.20 Å². The standard InChI is InChI=1S/C17H24N2O/c18-16-6-12(1-2-19-16)10-20-11-17-7-13-3-14(8-17)5-15(4-13)9-17/h1-2,6,13-15H,3-5,7-11H2,(H2,18,19). The van der Waals surface area contributed by atoms with Gasteiger partial charge < -0.3 is 10.5 Å². The van der Waals surface area contributed by atoms with E-state index < -0.39 is 0 Å². The van der Waals surface area contributed by atoms with Crippen LogP contribution in [0.2, 0.25) is 0 Å². The third kappa shape index (κ3) is 2.32. The molecular formula is C17H24N2O. The van der Waals surface area contributed by atoms with Crippen molar-refractivity contribution in [2.75, 3.05) is 12.3 Å². The molecule has 108 valence electrons. The molecular weight excluding hydrogens is 248 g/mol. The molecule has 0 atom stereocenters. The molecule has 4 fully saturated rings. The Kier molecular flexibility index (Phi) is 2.99. The summed E-state index contributed by atoms with van der Waals surface area (Å²) in [6.45, 7) is 1.62. The molecule has 4 saturated carbocycles. The summed E-state index contributed by atoms with van der Waals surface area (Å²) in [5.74, 6) is 3.59. The molecule has 4 aliphatic carbocycles. The second-order valence-electron chi connectivity index (χ2n) is 7.50. The van der Waals surface area contributed by atoms with Gasteiger partial charge in [0.1, 0.15) is 5.82 Å². The molecule has 2 N–H and O–H groups in total. The van der Waals surface area contributed by atoms with Gasteiger partial charge in [-0.05, 0) is 79.4 Å². The Balaban J connectivity index is 1.37. The van der Waals surface area contributed by atoms with Crippen molar-refractivity contribution >= 4 is 5.82 Å². The zero-order valence-electron chi connectivity index (χ0n) is 12.1. The number of ether oxygens (including phenoxy) is 1. The van der Waals surface area contributed by atoms with Gasteiger partial charge in [0.05, 0.1) is 13.2 Å². The molecule has 0 saturated heterocycles. The van der Waals surface area contributed by atoms with Crippen molar-refractivity contribution in [1.29, 1.82) is 0 Å². The summed E-state index contributed by atoms with van der Waals surface area (Å²) >= 11 is 0. The second kappa shape index (κ2) is 4.73. The van der Waals surface area contributed by atoms with Crippen LogP contribution in [0.25, 0.3) is 0 Å². The SMILES string of the molecule is Nc1cc(COCC23CC4CC(CC(C4)C2)C3)ccn1. The predicted molar refractivity (Wildman–Crippen MR) is 78.9 cm³/mol. The van der Waals surface area contributed by atoms with Crippen LogP contribution in [0, 0.1) is 23.2 Å². The molecule has 4 bridgehead atoms. The minimum absolute atomic E-state index is 0.507. The average molecular weight is 272 g/mol. The van der Waals surface area contributed by atoms with Crippen LogP contribution in [0.5, 0.6) is 0 Å². The Morgan fingerprint density at radius 2 is 1.80 bits per heavy atom. The minimum atomic E-state index is 0.507. The first kappa shape index (κ1) is 12.6. The van der Waals surface area contributed by atoms with Gasteiger partial charge in [-0.1, -0.05) is 0 Å². The van der Waals surface area contributed by atoms with Gasteiger partial charge in [-0.3, -0.25) is 0 Å². The summed E-state index contributed by atoms with van der Waals surface area (Å²) in [6.07, 6.45) is 10.5. The van der Waals surface area contributed by atoms with Gasteiger partial charge in [0.15, 0.2) is 0 Å². The summed E-state index contributed by atoms with van der Waals surface area (Å²) < 4.78 is 6.08. The van der Waals surface area contributed by atoms with Gasteiger partial charge in [0.2, 0.25) is 0 Å². The van der Waals surface area contributed by atoms with E-state index in [4.69, 9.17) is 10.5 Å². The third-order valence-corrected chi connectivity index (χ3v) is 5.69. The fourth-order valence-electron chi connectivity index (χ4n) is 5.44. The molecule has 3 heteroatoms. The van der Waals surface area contributed by atoms with Gasteiger partial charge in [-0.2, -0.15) is 0 Å². The Labute approximate surface area is 120 Å². The lowest BCUT2D eigenvalue weighted by atomic mass is 9.50. The smallest absolute Gasteiger partial charge is 0.123 e. The first-order chi connectivity index (χ1) is 9.71. The number of aromatic nitrogens is 1. The van der Waals surface area contributed by atoms with Crippen molar-refractivity contribution in [2.45, 2.75) is 45.1 Å². The van der Waals surface area contributed by atoms with Crippen LogP contribution in [0.4, 0.5) is 5.82 Å². The maximum atomic E-state index is 6.08. The van der Waals surface area contributed by atoms with Crippen molar-refractivity contribution in [3.63, 3.8) is 0 Å². The van der Waals surface area contributed by atoms with Gasteiger partial charge in [0.25, 0.3) is 0 Å². The number of anilines is 1. The summed E-state index contributed by atoms with van der Waals surface area (Å²) in [4.78, 5) is 4.02. The number of nitrogen functional groups attached to an aromatic ring is 1. The highest BCUT2D eigenvalue weighted by Crippen LogP contribution is 2.60. The van der Waals surface area contributed by atoms with E-state index in [-0.39, 0.29) is 0 Å². The van der Waals surface area contributed by atoms with Crippen molar-refractivity contribution in [3.8, 4) is 0 Å². The number of hydrogen-bond donors (Lipinski definition) is 1. The van der Waals surface area contributed by atoms with Gasteiger partial charge >= 0.3 is 0 Å². The molecule has 0 spiro atoms. The molecule has 0 radical (unpaired) electrons. The van der Waals surface area contributed by atoms with E-state index in [1.807, 2.05) is 12.1 Å². The maximum absolute atomic E-state index is 6.08. The van der Waals surface area contributed by atoms with E-state index in [9.17, 15) is 0 Å². The van der Waals surface area contributed by atoms with Crippen LogP contribution in [-0.2, 0) is 11.3 Å².